The number of carbonyl (C=O) groups excluding carboxylic acids is 1. The van der Waals surface area contributed by atoms with Crippen LogP contribution in [0.15, 0.2) is 6.07 Å². The van der Waals surface area contributed by atoms with Crippen molar-refractivity contribution in [3.8, 4) is 0 Å². The molecule has 4 nitrogen and oxygen atoms in total. The first-order chi connectivity index (χ1) is 9.83. The summed E-state index contributed by atoms with van der Waals surface area (Å²) >= 11 is 6.53. The minimum atomic E-state index is -0.860. The lowest BCUT2D eigenvalue weighted by Gasteiger charge is -2.25. The third-order valence-corrected chi connectivity index (χ3v) is 5.87. The van der Waals surface area contributed by atoms with Gasteiger partial charge in [0.15, 0.2) is 0 Å². The molecule has 0 atom stereocenters. The van der Waals surface area contributed by atoms with Crippen LogP contribution in [-0.2, 0) is 16.0 Å². The summed E-state index contributed by atoms with van der Waals surface area (Å²) in [5.41, 5.74) is 1.62. The average molecular weight is 627 g/mol. The van der Waals surface area contributed by atoms with Crippen LogP contribution >= 0.6 is 67.8 Å². The number of halogens is 3. The number of carbonyl (C=O) groups is 2. The van der Waals surface area contributed by atoms with Gasteiger partial charge in [0.05, 0.1) is 12.1 Å². The van der Waals surface area contributed by atoms with E-state index in [0.29, 0.717) is 13.0 Å². The van der Waals surface area contributed by atoms with Crippen molar-refractivity contribution in [3.05, 3.63) is 22.3 Å². The van der Waals surface area contributed by atoms with Crippen LogP contribution in [0.4, 0.5) is 5.69 Å². The van der Waals surface area contributed by atoms with E-state index in [4.69, 9.17) is 5.11 Å². The SMILES string of the molecule is CCCC(=O)N(CC)c1c(I)cc(I)c(CC(=O)O)c1I. The monoisotopic (exact) mass is 627 g/mol. The van der Waals surface area contributed by atoms with Gasteiger partial charge in [-0.3, -0.25) is 9.59 Å². The Kier molecular flexibility index (Phi) is 8.17. The first-order valence-electron chi connectivity index (χ1n) is 6.51. The molecule has 116 valence electrons. The highest BCUT2D eigenvalue weighted by Crippen LogP contribution is 2.35. The van der Waals surface area contributed by atoms with E-state index in [9.17, 15) is 9.59 Å². The number of nitrogens with zero attached hydrogens (tertiary/aromatic N) is 1. The van der Waals surface area contributed by atoms with Gasteiger partial charge in [-0.2, -0.15) is 0 Å². The van der Waals surface area contributed by atoms with Crippen molar-refractivity contribution in [1.29, 1.82) is 0 Å². The Morgan fingerprint density at radius 3 is 2.29 bits per heavy atom. The minimum Gasteiger partial charge on any atom is -0.481 e. The van der Waals surface area contributed by atoms with Gasteiger partial charge in [0.2, 0.25) is 5.91 Å². The van der Waals surface area contributed by atoms with Crippen LogP contribution in [0, 0.1) is 10.7 Å². The van der Waals surface area contributed by atoms with E-state index in [1.165, 1.54) is 0 Å². The highest BCUT2D eigenvalue weighted by Gasteiger charge is 2.23. The summed E-state index contributed by atoms with van der Waals surface area (Å²) in [5, 5.41) is 9.08. The Balaban J connectivity index is 3.40. The van der Waals surface area contributed by atoms with Crippen LogP contribution in [0.5, 0.6) is 0 Å². The molecule has 1 rings (SSSR count). The molecule has 1 amide bonds. The van der Waals surface area contributed by atoms with Gasteiger partial charge in [-0.05, 0) is 92.7 Å². The number of amides is 1. The lowest BCUT2D eigenvalue weighted by Crippen LogP contribution is -2.32. The largest absolute Gasteiger partial charge is 0.481 e. The van der Waals surface area contributed by atoms with Crippen molar-refractivity contribution >= 4 is 85.3 Å². The second kappa shape index (κ2) is 8.85. The lowest BCUT2D eigenvalue weighted by molar-refractivity contribution is -0.136. The van der Waals surface area contributed by atoms with E-state index in [1.807, 2.05) is 19.9 Å². The van der Waals surface area contributed by atoms with E-state index in [0.717, 1.165) is 28.4 Å². The number of benzene rings is 1. The van der Waals surface area contributed by atoms with Gasteiger partial charge in [0.25, 0.3) is 0 Å². The summed E-state index contributed by atoms with van der Waals surface area (Å²) in [6, 6.07) is 1.94. The fourth-order valence-corrected chi connectivity index (χ4v) is 6.32. The Labute approximate surface area is 165 Å². The Morgan fingerprint density at radius 1 is 1.19 bits per heavy atom. The summed E-state index contributed by atoms with van der Waals surface area (Å²) in [6.45, 7) is 4.50. The zero-order valence-corrected chi connectivity index (χ0v) is 18.2. The Bertz CT molecular complexity index is 561. The molecule has 0 radical (unpaired) electrons. The summed E-state index contributed by atoms with van der Waals surface area (Å²) in [6.07, 6.45) is 1.27. The summed E-state index contributed by atoms with van der Waals surface area (Å²) < 4.78 is 2.76. The molecule has 0 unspecified atom stereocenters. The van der Waals surface area contributed by atoms with Crippen molar-refractivity contribution < 1.29 is 14.7 Å². The molecular weight excluding hydrogens is 611 g/mol. The first kappa shape index (κ1) is 19.4. The number of anilines is 1. The summed E-state index contributed by atoms with van der Waals surface area (Å²) in [4.78, 5) is 25.1. The molecular formula is C14H16I3NO3. The van der Waals surface area contributed by atoms with E-state index in [-0.39, 0.29) is 12.3 Å². The molecule has 0 bridgehead atoms. The lowest BCUT2D eigenvalue weighted by atomic mass is 10.1. The first-order valence-corrected chi connectivity index (χ1v) is 9.75. The van der Waals surface area contributed by atoms with Crippen LogP contribution in [0.1, 0.15) is 32.3 Å². The van der Waals surface area contributed by atoms with Crippen LogP contribution in [0.3, 0.4) is 0 Å². The third kappa shape index (κ3) is 4.91. The Morgan fingerprint density at radius 2 is 1.81 bits per heavy atom. The van der Waals surface area contributed by atoms with Crippen molar-refractivity contribution in [2.75, 3.05) is 11.4 Å². The van der Waals surface area contributed by atoms with Gasteiger partial charge in [-0.1, -0.05) is 6.92 Å². The topological polar surface area (TPSA) is 57.6 Å². The number of aliphatic carboxylic acids is 1. The Hall–Kier alpha value is 0.350. The highest BCUT2D eigenvalue weighted by molar-refractivity contribution is 14.1. The highest BCUT2D eigenvalue weighted by atomic mass is 127. The number of hydrogen-bond acceptors (Lipinski definition) is 2. The van der Waals surface area contributed by atoms with E-state index in [2.05, 4.69) is 67.8 Å². The molecule has 0 saturated heterocycles. The molecule has 0 spiro atoms. The van der Waals surface area contributed by atoms with E-state index in [1.54, 1.807) is 4.90 Å². The molecule has 1 N–H and O–H groups in total. The molecule has 0 fully saturated rings. The number of carboxylic acids is 1. The maximum atomic E-state index is 12.3. The summed E-state index contributed by atoms with van der Waals surface area (Å²) in [5.74, 6) is -0.778. The number of carboxylic acid groups (broad SMARTS) is 1. The second-order valence-corrected chi connectivity index (χ2v) is 7.84. The van der Waals surface area contributed by atoms with Crippen molar-refractivity contribution in [2.45, 2.75) is 33.1 Å². The van der Waals surface area contributed by atoms with Gasteiger partial charge in [0.1, 0.15) is 0 Å². The summed E-state index contributed by atoms with van der Waals surface area (Å²) in [7, 11) is 0. The van der Waals surface area contributed by atoms with Gasteiger partial charge >= 0.3 is 5.97 Å². The minimum absolute atomic E-state index is 0.0278. The molecule has 7 heteroatoms. The number of rotatable bonds is 6. The van der Waals surface area contributed by atoms with Crippen molar-refractivity contribution in [2.24, 2.45) is 0 Å². The van der Waals surface area contributed by atoms with Crippen LogP contribution in [0.25, 0.3) is 0 Å². The standard InChI is InChI=1S/C14H16I3NO3/c1-3-5-11(19)18(4-2)14-10(16)7-9(15)8(13(14)17)6-12(20)21/h7H,3-6H2,1-2H3,(H,20,21). The zero-order valence-electron chi connectivity index (χ0n) is 11.8. The fraction of sp³-hybridized carbons (Fsp3) is 0.429. The third-order valence-electron chi connectivity index (χ3n) is 2.92. The molecule has 1 aromatic carbocycles. The van der Waals surface area contributed by atoms with Crippen LogP contribution in [-0.4, -0.2) is 23.5 Å². The molecule has 0 aliphatic heterocycles. The van der Waals surface area contributed by atoms with E-state index < -0.39 is 5.97 Å². The van der Waals surface area contributed by atoms with Crippen molar-refractivity contribution in [3.63, 3.8) is 0 Å². The second-order valence-electron chi connectivity index (χ2n) is 4.44. The molecule has 0 aromatic heterocycles. The molecule has 0 aliphatic rings. The molecule has 1 aromatic rings. The number of hydrogen-bond donors (Lipinski definition) is 1. The van der Waals surface area contributed by atoms with Crippen LogP contribution in [0.2, 0.25) is 0 Å². The van der Waals surface area contributed by atoms with Gasteiger partial charge in [-0.15, -0.1) is 0 Å². The van der Waals surface area contributed by atoms with E-state index >= 15 is 0 Å². The smallest absolute Gasteiger partial charge is 0.307 e. The zero-order chi connectivity index (χ0) is 16.2. The molecule has 0 saturated carbocycles. The predicted octanol–water partition coefficient (Wildman–Crippen LogP) is 4.28. The molecule has 0 aliphatic carbocycles. The average Bonchev–Trinajstić information content (AvgIpc) is 2.39. The molecule has 0 heterocycles. The van der Waals surface area contributed by atoms with Gasteiger partial charge in [-0.25, -0.2) is 0 Å². The maximum absolute atomic E-state index is 12.3. The van der Waals surface area contributed by atoms with Gasteiger partial charge < -0.3 is 10.0 Å². The quantitative estimate of drug-likeness (QED) is 0.480. The maximum Gasteiger partial charge on any atom is 0.307 e. The molecule has 21 heavy (non-hydrogen) atoms. The van der Waals surface area contributed by atoms with Gasteiger partial charge in [0, 0.05) is 23.7 Å². The van der Waals surface area contributed by atoms with Crippen molar-refractivity contribution in [1.82, 2.24) is 0 Å². The predicted molar refractivity (Wildman–Crippen MR) is 109 cm³/mol. The normalized spacial score (nSPS) is 10.5. The van der Waals surface area contributed by atoms with Crippen LogP contribution < -0.4 is 4.90 Å². The fourth-order valence-electron chi connectivity index (χ4n) is 1.99.